The number of hydrogen-bond donors (Lipinski definition) is 1. The van der Waals surface area contributed by atoms with Crippen LogP contribution < -0.4 is 5.32 Å². The first kappa shape index (κ1) is 15.2. The topological polar surface area (TPSA) is 32.3 Å². The van der Waals surface area contributed by atoms with E-state index in [2.05, 4.69) is 16.8 Å². The molecule has 2 saturated heterocycles. The fourth-order valence-electron chi connectivity index (χ4n) is 5.78. The van der Waals surface area contributed by atoms with Gasteiger partial charge in [0.25, 0.3) is 0 Å². The van der Waals surface area contributed by atoms with E-state index in [0.717, 1.165) is 36.1 Å². The van der Waals surface area contributed by atoms with Crippen LogP contribution >= 0.6 is 0 Å². The first-order valence-corrected chi connectivity index (χ1v) is 9.26. The van der Waals surface area contributed by atoms with Crippen LogP contribution in [-0.2, 0) is 4.79 Å². The SMILES string of the molecule is C=CC1=C(/C=C\C)NC(=O)[C@@]12CCN1C[C@@H]3CCCC[C@H]3C[C@H]12. The summed E-state index contributed by atoms with van der Waals surface area (Å²) in [5.41, 5.74) is 1.77. The van der Waals surface area contributed by atoms with Crippen molar-refractivity contribution >= 4 is 5.91 Å². The Morgan fingerprint density at radius 3 is 2.83 bits per heavy atom. The second-order valence-electron chi connectivity index (χ2n) is 7.76. The molecule has 4 aliphatic rings. The van der Waals surface area contributed by atoms with Crippen LogP contribution in [0, 0.1) is 17.3 Å². The molecule has 4 rings (SSSR count). The number of carbonyl (C=O) groups is 1. The minimum Gasteiger partial charge on any atom is -0.325 e. The molecule has 0 bridgehead atoms. The number of hydrogen-bond acceptors (Lipinski definition) is 2. The summed E-state index contributed by atoms with van der Waals surface area (Å²) in [5.74, 6) is 1.90. The van der Waals surface area contributed by atoms with Gasteiger partial charge in [-0.15, -0.1) is 0 Å². The van der Waals surface area contributed by atoms with Crippen molar-refractivity contribution in [2.45, 2.75) is 51.5 Å². The number of nitrogens with one attached hydrogen (secondary N) is 1. The number of fused-ring (bicyclic) bond motifs is 3. The summed E-state index contributed by atoms with van der Waals surface area (Å²) in [6, 6.07) is 0.373. The Balaban J connectivity index is 1.71. The zero-order chi connectivity index (χ0) is 16.0. The fraction of sp³-hybridized carbons (Fsp3) is 0.650. The first-order valence-electron chi connectivity index (χ1n) is 9.26. The van der Waals surface area contributed by atoms with Gasteiger partial charge in [0.1, 0.15) is 0 Å². The summed E-state index contributed by atoms with van der Waals surface area (Å²) < 4.78 is 0. The Kier molecular flexibility index (Phi) is 3.72. The van der Waals surface area contributed by atoms with E-state index >= 15 is 0 Å². The molecule has 0 aromatic rings. The lowest BCUT2D eigenvalue weighted by atomic mass is 9.66. The first-order chi connectivity index (χ1) is 11.2. The summed E-state index contributed by atoms with van der Waals surface area (Å²) in [5, 5.41) is 3.15. The van der Waals surface area contributed by atoms with Crippen LogP contribution in [0.25, 0.3) is 0 Å². The van der Waals surface area contributed by atoms with Crippen molar-refractivity contribution in [1.29, 1.82) is 0 Å². The van der Waals surface area contributed by atoms with Gasteiger partial charge in [-0.1, -0.05) is 38.0 Å². The quantitative estimate of drug-likeness (QED) is 0.847. The zero-order valence-corrected chi connectivity index (χ0v) is 14.2. The summed E-state index contributed by atoms with van der Waals surface area (Å²) in [7, 11) is 0. The number of allylic oxidation sites excluding steroid dienone is 3. The average molecular weight is 312 g/mol. The van der Waals surface area contributed by atoms with Gasteiger partial charge in [-0.25, -0.2) is 0 Å². The summed E-state index contributed by atoms with van der Waals surface area (Å²) >= 11 is 0. The monoisotopic (exact) mass is 312 g/mol. The molecule has 1 aliphatic carbocycles. The molecule has 0 aromatic heterocycles. The molecule has 23 heavy (non-hydrogen) atoms. The molecular formula is C20H28N2O. The predicted octanol–water partition coefficient (Wildman–Crippen LogP) is 3.40. The van der Waals surface area contributed by atoms with Crippen molar-refractivity contribution in [3.05, 3.63) is 36.1 Å². The Hall–Kier alpha value is -1.35. The van der Waals surface area contributed by atoms with Gasteiger partial charge in [-0.2, -0.15) is 0 Å². The lowest BCUT2D eigenvalue weighted by Gasteiger charge is -2.47. The maximum absolute atomic E-state index is 13.0. The maximum atomic E-state index is 13.0. The van der Waals surface area contributed by atoms with Crippen LogP contribution in [0.5, 0.6) is 0 Å². The number of nitrogens with zero attached hydrogens (tertiary/aromatic N) is 1. The predicted molar refractivity (Wildman–Crippen MR) is 92.7 cm³/mol. The van der Waals surface area contributed by atoms with Crippen molar-refractivity contribution < 1.29 is 4.79 Å². The standard InChI is InChI=1S/C20H28N2O/c1-3-7-17-16(4-2)20(19(23)21-17)10-11-22-13-15-9-6-5-8-14(15)12-18(20)22/h3-4,7,14-15,18H,2,5-6,8-13H2,1H3,(H,21,23)/b7-3-/t14-,15-,18-,20-/m0/s1. The van der Waals surface area contributed by atoms with Gasteiger partial charge >= 0.3 is 0 Å². The van der Waals surface area contributed by atoms with Gasteiger partial charge in [0.2, 0.25) is 5.91 Å². The largest absolute Gasteiger partial charge is 0.325 e. The van der Waals surface area contributed by atoms with E-state index in [1.807, 2.05) is 25.2 Å². The molecule has 4 atom stereocenters. The highest BCUT2D eigenvalue weighted by Crippen LogP contribution is 2.54. The van der Waals surface area contributed by atoms with Gasteiger partial charge in [-0.3, -0.25) is 9.69 Å². The molecule has 1 saturated carbocycles. The van der Waals surface area contributed by atoms with Crippen molar-refractivity contribution in [2.24, 2.45) is 17.3 Å². The second-order valence-corrected chi connectivity index (χ2v) is 7.76. The summed E-state index contributed by atoms with van der Waals surface area (Å²) in [6.45, 7) is 8.30. The van der Waals surface area contributed by atoms with Gasteiger partial charge in [0.05, 0.1) is 5.41 Å². The molecule has 0 aromatic carbocycles. The molecule has 1 spiro atoms. The highest BCUT2D eigenvalue weighted by Gasteiger charge is 2.59. The normalized spacial score (nSPS) is 40.6. The van der Waals surface area contributed by atoms with E-state index in [1.54, 1.807) is 0 Å². The molecule has 1 N–H and O–H groups in total. The highest BCUT2D eigenvalue weighted by atomic mass is 16.2. The zero-order valence-electron chi connectivity index (χ0n) is 14.2. The van der Waals surface area contributed by atoms with Crippen LogP contribution in [0.3, 0.4) is 0 Å². The van der Waals surface area contributed by atoms with Crippen LogP contribution in [0.15, 0.2) is 36.1 Å². The van der Waals surface area contributed by atoms with Crippen molar-refractivity contribution in [2.75, 3.05) is 13.1 Å². The van der Waals surface area contributed by atoms with E-state index in [0.29, 0.717) is 6.04 Å². The van der Waals surface area contributed by atoms with Crippen LogP contribution in [0.4, 0.5) is 0 Å². The third kappa shape index (κ3) is 2.09. The van der Waals surface area contributed by atoms with E-state index < -0.39 is 0 Å². The third-order valence-corrected chi connectivity index (χ3v) is 6.83. The average Bonchev–Trinajstić information content (AvgIpc) is 3.05. The van der Waals surface area contributed by atoms with Gasteiger partial charge in [0, 0.05) is 18.3 Å². The summed E-state index contributed by atoms with van der Waals surface area (Å²) in [6.07, 6.45) is 13.6. The molecule has 0 unspecified atom stereocenters. The minimum atomic E-state index is -0.348. The molecule has 124 valence electrons. The lowest BCUT2D eigenvalue weighted by Crippen LogP contribution is -2.52. The minimum absolute atomic E-state index is 0.210. The molecule has 3 heteroatoms. The molecule has 3 nitrogen and oxygen atoms in total. The lowest BCUT2D eigenvalue weighted by molar-refractivity contribution is -0.129. The molecule has 3 fully saturated rings. The molecule has 1 amide bonds. The van der Waals surface area contributed by atoms with Crippen molar-refractivity contribution in [3.8, 4) is 0 Å². The molecule has 3 heterocycles. The second kappa shape index (κ2) is 5.62. The van der Waals surface area contributed by atoms with E-state index in [9.17, 15) is 4.79 Å². The number of amides is 1. The Morgan fingerprint density at radius 2 is 2.09 bits per heavy atom. The van der Waals surface area contributed by atoms with Crippen LogP contribution in [0.2, 0.25) is 0 Å². The van der Waals surface area contributed by atoms with E-state index in [1.165, 1.54) is 38.6 Å². The summed E-state index contributed by atoms with van der Waals surface area (Å²) in [4.78, 5) is 15.6. The molecule has 3 aliphatic heterocycles. The number of piperidine rings is 1. The van der Waals surface area contributed by atoms with Crippen LogP contribution in [-0.4, -0.2) is 29.9 Å². The Bertz CT molecular complexity index is 590. The Morgan fingerprint density at radius 1 is 1.30 bits per heavy atom. The van der Waals surface area contributed by atoms with E-state index in [4.69, 9.17) is 0 Å². The molecular weight excluding hydrogens is 284 g/mol. The maximum Gasteiger partial charge on any atom is 0.236 e. The smallest absolute Gasteiger partial charge is 0.236 e. The Labute approximate surface area is 139 Å². The number of rotatable bonds is 2. The molecule has 0 radical (unpaired) electrons. The number of carbonyl (C=O) groups excluding carboxylic acids is 1. The third-order valence-electron chi connectivity index (χ3n) is 6.83. The highest BCUT2D eigenvalue weighted by molar-refractivity contribution is 5.94. The fourth-order valence-corrected chi connectivity index (χ4v) is 5.78. The van der Waals surface area contributed by atoms with Gasteiger partial charge < -0.3 is 5.32 Å². The van der Waals surface area contributed by atoms with Gasteiger partial charge in [-0.05, 0) is 56.2 Å². The van der Waals surface area contributed by atoms with Crippen molar-refractivity contribution in [1.82, 2.24) is 10.2 Å². The van der Waals surface area contributed by atoms with Crippen molar-refractivity contribution in [3.63, 3.8) is 0 Å². The van der Waals surface area contributed by atoms with E-state index in [-0.39, 0.29) is 11.3 Å². The van der Waals surface area contributed by atoms with Gasteiger partial charge in [0.15, 0.2) is 0 Å². The van der Waals surface area contributed by atoms with Crippen LogP contribution in [0.1, 0.15) is 45.4 Å².